The summed E-state index contributed by atoms with van der Waals surface area (Å²) in [7, 11) is 0. The molecule has 0 fully saturated rings. The third kappa shape index (κ3) is 2.98. The number of nitrogens with zero attached hydrogens (tertiary/aromatic N) is 1. The van der Waals surface area contributed by atoms with Crippen molar-refractivity contribution < 1.29 is 9.21 Å². The van der Waals surface area contributed by atoms with E-state index in [2.05, 4.69) is 47.9 Å². The summed E-state index contributed by atoms with van der Waals surface area (Å²) in [6.07, 6.45) is 2.65. The van der Waals surface area contributed by atoms with Crippen LogP contribution in [0, 0.1) is 6.07 Å². The average molecular weight is 393 g/mol. The molecule has 4 heteroatoms. The summed E-state index contributed by atoms with van der Waals surface area (Å²) < 4.78 is 7.82. The minimum atomic E-state index is -0.434. The summed E-state index contributed by atoms with van der Waals surface area (Å²) >= 11 is 0. The first-order chi connectivity index (χ1) is 14.7. The lowest BCUT2D eigenvalue weighted by molar-refractivity contribution is 0.100. The zero-order valence-electron chi connectivity index (χ0n) is 16.7. The third-order valence-electron chi connectivity index (χ3n) is 5.61. The van der Waals surface area contributed by atoms with Crippen molar-refractivity contribution in [3.8, 4) is 11.3 Å². The summed E-state index contributed by atoms with van der Waals surface area (Å²) in [4.78, 5) is 12.1. The quantitative estimate of drug-likeness (QED) is 0.425. The molecule has 1 radical (unpaired) electrons. The van der Waals surface area contributed by atoms with E-state index in [0.29, 0.717) is 12.1 Å². The average Bonchev–Trinajstić information content (AvgIpc) is 3.41. The van der Waals surface area contributed by atoms with Gasteiger partial charge in [-0.2, -0.15) is 0 Å². The molecule has 0 aliphatic carbocycles. The van der Waals surface area contributed by atoms with Crippen LogP contribution in [0.15, 0.2) is 77.4 Å². The fraction of sp³-hybridized carbons (Fsp3) is 0.115. The van der Waals surface area contributed by atoms with Crippen molar-refractivity contribution in [2.45, 2.75) is 19.9 Å². The first kappa shape index (κ1) is 18.3. The Bertz CT molecular complexity index is 1380. The van der Waals surface area contributed by atoms with Crippen molar-refractivity contribution in [1.29, 1.82) is 0 Å². The maximum Gasteiger partial charge on any atom is 0.249 e. The van der Waals surface area contributed by atoms with Crippen LogP contribution in [0.3, 0.4) is 0 Å². The molecular weight excluding hydrogens is 372 g/mol. The van der Waals surface area contributed by atoms with E-state index in [0.717, 1.165) is 39.6 Å². The molecule has 2 N–H and O–H groups in total. The van der Waals surface area contributed by atoms with Crippen molar-refractivity contribution in [1.82, 2.24) is 4.57 Å². The largest absolute Gasteiger partial charge is 0.464 e. The van der Waals surface area contributed by atoms with Crippen LogP contribution in [0.4, 0.5) is 0 Å². The molecule has 0 saturated carbocycles. The van der Waals surface area contributed by atoms with E-state index in [1.165, 1.54) is 11.1 Å². The van der Waals surface area contributed by atoms with Crippen LogP contribution in [0.5, 0.6) is 0 Å². The van der Waals surface area contributed by atoms with Crippen molar-refractivity contribution in [2.24, 2.45) is 5.73 Å². The monoisotopic (exact) mass is 393 g/mol. The normalized spacial score (nSPS) is 11.4. The van der Waals surface area contributed by atoms with Gasteiger partial charge < -0.3 is 14.7 Å². The Balaban J connectivity index is 1.79. The van der Waals surface area contributed by atoms with E-state index in [-0.39, 0.29) is 0 Å². The molecular formula is C26H21N2O2. The van der Waals surface area contributed by atoms with Crippen LogP contribution in [-0.2, 0) is 13.0 Å². The number of aryl methyl sites for hydroxylation is 1. The van der Waals surface area contributed by atoms with Gasteiger partial charge in [-0.05, 0) is 60.0 Å². The Morgan fingerprint density at radius 2 is 1.87 bits per heavy atom. The number of aromatic nitrogens is 1. The Morgan fingerprint density at radius 3 is 2.63 bits per heavy atom. The Hall–Kier alpha value is -3.79. The highest BCUT2D eigenvalue weighted by atomic mass is 16.3. The summed E-state index contributed by atoms with van der Waals surface area (Å²) in [5.41, 5.74) is 11.6. The molecule has 0 saturated heterocycles. The number of benzene rings is 3. The van der Waals surface area contributed by atoms with Gasteiger partial charge in [0.25, 0.3) is 0 Å². The molecule has 0 bridgehead atoms. The molecule has 0 spiro atoms. The van der Waals surface area contributed by atoms with Gasteiger partial charge in [-0.25, -0.2) is 0 Å². The predicted molar refractivity (Wildman–Crippen MR) is 119 cm³/mol. The van der Waals surface area contributed by atoms with Gasteiger partial charge in [-0.15, -0.1) is 0 Å². The highest BCUT2D eigenvalue weighted by Crippen LogP contribution is 2.34. The molecule has 1 amide bonds. The smallest absolute Gasteiger partial charge is 0.249 e. The summed E-state index contributed by atoms with van der Waals surface area (Å²) in [6, 6.07) is 25.5. The second-order valence-corrected chi connectivity index (χ2v) is 7.45. The molecule has 0 atom stereocenters. The van der Waals surface area contributed by atoms with E-state index in [1.54, 1.807) is 12.3 Å². The van der Waals surface area contributed by atoms with E-state index >= 15 is 0 Å². The summed E-state index contributed by atoms with van der Waals surface area (Å²) in [5.74, 6) is 0.351. The summed E-state index contributed by atoms with van der Waals surface area (Å²) in [6.45, 7) is 2.84. The molecule has 0 aliphatic heterocycles. The van der Waals surface area contributed by atoms with Crippen LogP contribution >= 0.6 is 0 Å². The first-order valence-corrected chi connectivity index (χ1v) is 10.0. The van der Waals surface area contributed by atoms with Gasteiger partial charge in [0.15, 0.2) is 0 Å². The predicted octanol–water partition coefficient (Wildman–Crippen LogP) is 5.56. The highest BCUT2D eigenvalue weighted by Gasteiger charge is 2.18. The van der Waals surface area contributed by atoms with Crippen LogP contribution in [0.1, 0.15) is 28.4 Å². The van der Waals surface area contributed by atoms with Gasteiger partial charge in [0, 0.05) is 28.4 Å². The molecule has 0 aliphatic rings. The zero-order chi connectivity index (χ0) is 20.7. The van der Waals surface area contributed by atoms with Crippen LogP contribution in [-0.4, -0.2) is 10.5 Å². The second kappa shape index (κ2) is 7.23. The lowest BCUT2D eigenvalue weighted by Gasteiger charge is -2.10. The van der Waals surface area contributed by atoms with E-state index in [9.17, 15) is 4.79 Å². The molecule has 5 aromatic rings. The number of furan rings is 1. The van der Waals surface area contributed by atoms with E-state index < -0.39 is 5.91 Å². The van der Waals surface area contributed by atoms with Crippen molar-refractivity contribution in [2.75, 3.05) is 0 Å². The minimum absolute atomic E-state index is 0.434. The molecule has 3 aromatic carbocycles. The van der Waals surface area contributed by atoms with Crippen molar-refractivity contribution >= 4 is 27.7 Å². The van der Waals surface area contributed by atoms with Crippen LogP contribution < -0.4 is 5.73 Å². The number of carbonyl (C=O) groups excluding carboxylic acids is 1. The zero-order valence-corrected chi connectivity index (χ0v) is 16.7. The minimum Gasteiger partial charge on any atom is -0.464 e. The van der Waals surface area contributed by atoms with E-state index in [1.807, 2.05) is 30.3 Å². The van der Waals surface area contributed by atoms with Crippen molar-refractivity contribution in [3.63, 3.8) is 0 Å². The van der Waals surface area contributed by atoms with Crippen LogP contribution in [0.25, 0.3) is 33.1 Å². The fourth-order valence-electron chi connectivity index (χ4n) is 4.15. The van der Waals surface area contributed by atoms with E-state index in [4.69, 9.17) is 10.2 Å². The summed E-state index contributed by atoms with van der Waals surface area (Å²) in [5, 5.41) is 1.74. The number of hydrogen-bond donors (Lipinski definition) is 1. The van der Waals surface area contributed by atoms with Gasteiger partial charge in [-0.3, -0.25) is 4.79 Å². The number of hydrogen-bond acceptors (Lipinski definition) is 2. The Kier molecular flexibility index (Phi) is 4.40. The third-order valence-corrected chi connectivity index (χ3v) is 5.61. The van der Waals surface area contributed by atoms with Crippen molar-refractivity contribution in [3.05, 3.63) is 95.7 Å². The highest BCUT2D eigenvalue weighted by molar-refractivity contribution is 6.18. The molecule has 2 heterocycles. The number of rotatable bonds is 5. The number of amides is 1. The molecule has 30 heavy (non-hydrogen) atoms. The SMILES string of the molecule is CCc1cccc(Cn2c3cc(-c4ccco4)c[c]c3c3c(C(N)=O)cccc32)c1. The molecule has 5 rings (SSSR count). The Morgan fingerprint density at radius 1 is 1.03 bits per heavy atom. The first-order valence-electron chi connectivity index (χ1n) is 10.0. The number of nitrogens with two attached hydrogens (primary N) is 1. The Labute approximate surface area is 174 Å². The number of carbonyl (C=O) groups is 1. The second-order valence-electron chi connectivity index (χ2n) is 7.45. The number of fused-ring (bicyclic) bond motifs is 3. The fourth-order valence-corrected chi connectivity index (χ4v) is 4.15. The maximum absolute atomic E-state index is 12.1. The lowest BCUT2D eigenvalue weighted by atomic mass is 10.0. The van der Waals surface area contributed by atoms with Gasteiger partial charge in [0.05, 0.1) is 17.3 Å². The molecule has 147 valence electrons. The van der Waals surface area contributed by atoms with Gasteiger partial charge in [0.1, 0.15) is 5.76 Å². The van der Waals surface area contributed by atoms with Gasteiger partial charge in [-0.1, -0.05) is 37.3 Å². The standard InChI is InChI=1S/C26H21N2O2/c1-2-17-6-3-7-18(14-17)16-28-22-9-4-8-21(26(27)29)25(22)20-12-11-19(15-23(20)28)24-10-5-13-30-24/h3-11,13-15H,2,16H2,1H3,(H2,27,29). The lowest BCUT2D eigenvalue weighted by Crippen LogP contribution is -2.11. The molecule has 0 unspecified atom stereocenters. The molecule has 4 nitrogen and oxygen atoms in total. The van der Waals surface area contributed by atoms with Gasteiger partial charge in [0.2, 0.25) is 5.91 Å². The number of primary amides is 1. The van der Waals surface area contributed by atoms with Crippen LogP contribution in [0.2, 0.25) is 0 Å². The maximum atomic E-state index is 12.1. The molecule has 2 aromatic heterocycles. The van der Waals surface area contributed by atoms with Gasteiger partial charge >= 0.3 is 0 Å². The topological polar surface area (TPSA) is 61.2 Å².